The molecule has 0 fully saturated rings. The monoisotopic (exact) mass is 285 g/mol. The summed E-state index contributed by atoms with van der Waals surface area (Å²) in [6.45, 7) is 0. The molecule has 0 bridgehead atoms. The molecule has 0 N–H and O–H groups in total. The Morgan fingerprint density at radius 3 is 2.26 bits per heavy atom. The quantitative estimate of drug-likeness (QED) is 0.776. The molecule has 98 valence electrons. The third kappa shape index (κ3) is 2.93. The van der Waals surface area contributed by atoms with Crippen LogP contribution in [0.15, 0.2) is 42.7 Å². The number of benzene rings is 1. The number of nitrogens with zero attached hydrogens (tertiary/aromatic N) is 1. The molecule has 0 spiro atoms. The van der Waals surface area contributed by atoms with Crippen molar-refractivity contribution in [3.8, 4) is 11.1 Å². The summed E-state index contributed by atoms with van der Waals surface area (Å²) in [5, 5.41) is -0.932. The molecule has 0 saturated carbocycles. The van der Waals surface area contributed by atoms with Crippen molar-refractivity contribution in [3.05, 3.63) is 53.9 Å². The van der Waals surface area contributed by atoms with Gasteiger partial charge in [-0.05, 0) is 47.0 Å². The van der Waals surface area contributed by atoms with E-state index in [2.05, 4.69) is 4.98 Å². The number of hydrogen-bond donors (Lipinski definition) is 0. The van der Waals surface area contributed by atoms with Gasteiger partial charge in [0.15, 0.2) is 0 Å². The Labute approximate surface area is 111 Å². The van der Waals surface area contributed by atoms with E-state index in [1.807, 2.05) is 0 Å². The third-order valence-electron chi connectivity index (χ3n) is 2.55. The Hall–Kier alpha value is -1.88. The lowest BCUT2D eigenvalue weighted by Crippen LogP contribution is -2.07. The molecule has 19 heavy (non-hydrogen) atoms. The van der Waals surface area contributed by atoms with Gasteiger partial charge in [0.2, 0.25) is 0 Å². The Bertz CT molecular complexity index is 611. The summed E-state index contributed by atoms with van der Waals surface area (Å²) >= 11 is 5.36. The number of rotatable bonds is 2. The highest BCUT2D eigenvalue weighted by molar-refractivity contribution is 6.68. The molecular weight excluding hydrogens is 279 g/mol. The normalized spacial score (nSPS) is 11.4. The highest BCUT2D eigenvalue weighted by atomic mass is 35.5. The molecule has 2 rings (SSSR count). The van der Waals surface area contributed by atoms with Crippen LogP contribution in [0.25, 0.3) is 11.1 Å². The summed E-state index contributed by atoms with van der Waals surface area (Å²) in [6, 6.07) is 6.08. The second-order valence-corrected chi connectivity index (χ2v) is 4.11. The average Bonchev–Trinajstić information content (AvgIpc) is 2.38. The molecule has 0 saturated heterocycles. The van der Waals surface area contributed by atoms with E-state index >= 15 is 0 Å². The minimum atomic E-state index is -4.52. The minimum Gasteiger partial charge on any atom is -0.276 e. The first-order valence-electron chi connectivity index (χ1n) is 5.21. The van der Waals surface area contributed by atoms with Crippen molar-refractivity contribution >= 4 is 16.8 Å². The van der Waals surface area contributed by atoms with Gasteiger partial charge in [-0.3, -0.25) is 9.78 Å². The van der Waals surface area contributed by atoms with E-state index < -0.39 is 17.0 Å². The number of halogens is 4. The molecule has 0 aliphatic rings. The fourth-order valence-corrected chi connectivity index (χ4v) is 1.82. The van der Waals surface area contributed by atoms with E-state index in [0.717, 1.165) is 12.1 Å². The van der Waals surface area contributed by atoms with Crippen molar-refractivity contribution in [1.82, 2.24) is 4.98 Å². The number of aromatic nitrogens is 1. The Morgan fingerprint density at radius 2 is 1.74 bits per heavy atom. The van der Waals surface area contributed by atoms with Gasteiger partial charge in [-0.1, -0.05) is 6.07 Å². The van der Waals surface area contributed by atoms with Crippen LogP contribution in [0.4, 0.5) is 13.2 Å². The summed E-state index contributed by atoms with van der Waals surface area (Å²) in [7, 11) is 0. The van der Waals surface area contributed by atoms with Gasteiger partial charge < -0.3 is 0 Å². The molecule has 0 atom stereocenters. The van der Waals surface area contributed by atoms with Crippen LogP contribution in [-0.2, 0) is 6.18 Å². The molecule has 2 nitrogen and oxygen atoms in total. The van der Waals surface area contributed by atoms with Gasteiger partial charge in [0.05, 0.1) is 5.56 Å². The second-order valence-electron chi connectivity index (χ2n) is 3.77. The van der Waals surface area contributed by atoms with Crippen LogP contribution >= 0.6 is 11.6 Å². The van der Waals surface area contributed by atoms with Crippen molar-refractivity contribution in [1.29, 1.82) is 0 Å². The van der Waals surface area contributed by atoms with E-state index in [9.17, 15) is 18.0 Å². The van der Waals surface area contributed by atoms with Gasteiger partial charge in [-0.2, -0.15) is 13.2 Å². The molecule has 0 aliphatic heterocycles. The SMILES string of the molecule is O=C(Cl)c1cc(C(F)(F)F)ccc1-c1ccncc1. The second kappa shape index (κ2) is 5.01. The van der Waals surface area contributed by atoms with E-state index in [1.54, 1.807) is 12.1 Å². The van der Waals surface area contributed by atoms with Gasteiger partial charge in [-0.15, -0.1) is 0 Å². The first kappa shape index (κ1) is 13.5. The largest absolute Gasteiger partial charge is 0.416 e. The van der Waals surface area contributed by atoms with Gasteiger partial charge in [-0.25, -0.2) is 0 Å². The van der Waals surface area contributed by atoms with Gasteiger partial charge >= 0.3 is 6.18 Å². The van der Waals surface area contributed by atoms with E-state index in [-0.39, 0.29) is 5.56 Å². The molecule has 1 heterocycles. The van der Waals surface area contributed by atoms with E-state index in [0.29, 0.717) is 11.1 Å². The molecule has 1 aromatic carbocycles. The first-order valence-corrected chi connectivity index (χ1v) is 5.59. The van der Waals surface area contributed by atoms with Gasteiger partial charge in [0.25, 0.3) is 5.24 Å². The third-order valence-corrected chi connectivity index (χ3v) is 2.75. The highest BCUT2D eigenvalue weighted by Crippen LogP contribution is 2.33. The number of carbonyl (C=O) groups is 1. The number of carbonyl (C=O) groups excluding carboxylic acids is 1. The fraction of sp³-hybridized carbons (Fsp3) is 0.0769. The zero-order valence-corrected chi connectivity index (χ0v) is 10.2. The molecule has 0 amide bonds. The average molecular weight is 286 g/mol. The number of hydrogen-bond acceptors (Lipinski definition) is 2. The summed E-state index contributed by atoms with van der Waals surface area (Å²) in [6.07, 6.45) is -1.55. The zero-order chi connectivity index (χ0) is 14.0. The van der Waals surface area contributed by atoms with Crippen molar-refractivity contribution in [2.45, 2.75) is 6.18 Å². The number of alkyl halides is 3. The fourth-order valence-electron chi connectivity index (χ4n) is 1.67. The summed E-state index contributed by atoms with van der Waals surface area (Å²) in [4.78, 5) is 15.1. The van der Waals surface area contributed by atoms with Crippen LogP contribution in [-0.4, -0.2) is 10.2 Å². The van der Waals surface area contributed by atoms with Crippen LogP contribution < -0.4 is 0 Å². The summed E-state index contributed by atoms with van der Waals surface area (Å²) < 4.78 is 37.8. The molecule has 6 heteroatoms. The van der Waals surface area contributed by atoms with Gasteiger partial charge in [0, 0.05) is 18.0 Å². The molecule has 0 unspecified atom stereocenters. The molecule has 0 aliphatic carbocycles. The maximum Gasteiger partial charge on any atom is 0.416 e. The van der Waals surface area contributed by atoms with Crippen LogP contribution in [0.1, 0.15) is 15.9 Å². The minimum absolute atomic E-state index is 0.178. The Balaban J connectivity index is 2.61. The van der Waals surface area contributed by atoms with Crippen LogP contribution in [0.3, 0.4) is 0 Å². The van der Waals surface area contributed by atoms with Gasteiger partial charge in [0.1, 0.15) is 0 Å². The lowest BCUT2D eigenvalue weighted by molar-refractivity contribution is -0.137. The lowest BCUT2D eigenvalue weighted by atomic mass is 9.99. The smallest absolute Gasteiger partial charge is 0.276 e. The molecular formula is C13H7ClF3NO. The van der Waals surface area contributed by atoms with Crippen LogP contribution in [0, 0.1) is 0 Å². The number of pyridine rings is 1. The predicted molar refractivity (Wildman–Crippen MR) is 64.9 cm³/mol. The highest BCUT2D eigenvalue weighted by Gasteiger charge is 2.31. The van der Waals surface area contributed by atoms with E-state index in [1.165, 1.54) is 18.5 Å². The first-order chi connectivity index (χ1) is 8.89. The maximum atomic E-state index is 12.6. The summed E-state index contributed by atoms with van der Waals surface area (Å²) in [5.74, 6) is 0. The standard InChI is InChI=1S/C13H7ClF3NO/c14-12(19)11-7-9(13(15,16)17)1-2-10(11)8-3-5-18-6-4-8/h1-7H. The Morgan fingerprint density at radius 1 is 1.11 bits per heavy atom. The van der Waals surface area contributed by atoms with E-state index in [4.69, 9.17) is 11.6 Å². The van der Waals surface area contributed by atoms with Crippen LogP contribution in [0.2, 0.25) is 0 Å². The van der Waals surface area contributed by atoms with Crippen LogP contribution in [0.5, 0.6) is 0 Å². The van der Waals surface area contributed by atoms with Crippen molar-refractivity contribution in [2.75, 3.05) is 0 Å². The molecule has 0 radical (unpaired) electrons. The maximum absolute atomic E-state index is 12.6. The topological polar surface area (TPSA) is 30.0 Å². The van der Waals surface area contributed by atoms with Crippen molar-refractivity contribution < 1.29 is 18.0 Å². The summed E-state index contributed by atoms with van der Waals surface area (Å²) in [5.41, 5.74) is -0.167. The predicted octanol–water partition coefficient (Wildman–Crippen LogP) is 4.15. The molecule has 2 aromatic rings. The zero-order valence-electron chi connectivity index (χ0n) is 9.41. The Kier molecular flexibility index (Phi) is 3.57. The molecule has 1 aromatic heterocycles. The van der Waals surface area contributed by atoms with Crippen molar-refractivity contribution in [2.24, 2.45) is 0 Å². The lowest BCUT2D eigenvalue weighted by Gasteiger charge is -2.11. The van der Waals surface area contributed by atoms with Crippen molar-refractivity contribution in [3.63, 3.8) is 0 Å².